The van der Waals surface area contributed by atoms with Gasteiger partial charge in [0.1, 0.15) is 0 Å². The molecule has 0 atom stereocenters. The van der Waals surface area contributed by atoms with E-state index >= 15 is 0 Å². The lowest BCUT2D eigenvalue weighted by Gasteiger charge is -2.32. The van der Waals surface area contributed by atoms with Crippen LogP contribution in [-0.2, 0) is 10.0 Å². The number of nitrogens with one attached hydrogen (secondary N) is 2. The Labute approximate surface area is 150 Å². The SMILES string of the molecule is CNS(=O)(=O)c1cc(C(=O)NC2CCN(C3CC3)CC2)cc(C)c1C. The monoisotopic (exact) mass is 365 g/mol. The Bertz CT molecular complexity index is 764. The number of hydrogen-bond acceptors (Lipinski definition) is 4. The summed E-state index contributed by atoms with van der Waals surface area (Å²) < 4.78 is 26.7. The van der Waals surface area contributed by atoms with E-state index in [0.717, 1.165) is 37.5 Å². The summed E-state index contributed by atoms with van der Waals surface area (Å²) in [4.78, 5) is 15.3. The second kappa shape index (κ2) is 7.05. The molecular weight excluding hydrogens is 338 g/mol. The van der Waals surface area contributed by atoms with Gasteiger partial charge < -0.3 is 10.2 Å². The Hall–Kier alpha value is -1.44. The number of carbonyl (C=O) groups excluding carboxylic acids is 1. The van der Waals surface area contributed by atoms with Gasteiger partial charge in [0.2, 0.25) is 10.0 Å². The minimum Gasteiger partial charge on any atom is -0.349 e. The predicted molar refractivity (Wildman–Crippen MR) is 97.2 cm³/mol. The number of likely N-dealkylation sites (tertiary alicyclic amines) is 1. The van der Waals surface area contributed by atoms with Crippen molar-refractivity contribution in [1.29, 1.82) is 0 Å². The van der Waals surface area contributed by atoms with Gasteiger partial charge in [-0.2, -0.15) is 0 Å². The fourth-order valence-corrected chi connectivity index (χ4v) is 4.53. The van der Waals surface area contributed by atoms with Gasteiger partial charge in [-0.25, -0.2) is 13.1 Å². The first-order valence-corrected chi connectivity index (χ1v) is 10.4. The Morgan fingerprint density at radius 2 is 1.76 bits per heavy atom. The minimum absolute atomic E-state index is 0.161. The maximum Gasteiger partial charge on any atom is 0.251 e. The van der Waals surface area contributed by atoms with Crippen molar-refractivity contribution in [3.63, 3.8) is 0 Å². The van der Waals surface area contributed by atoms with Crippen molar-refractivity contribution in [3.8, 4) is 0 Å². The van der Waals surface area contributed by atoms with E-state index in [4.69, 9.17) is 0 Å². The number of piperidine rings is 1. The largest absolute Gasteiger partial charge is 0.349 e. The summed E-state index contributed by atoms with van der Waals surface area (Å²) in [5, 5.41) is 3.08. The van der Waals surface area contributed by atoms with E-state index in [1.165, 1.54) is 26.0 Å². The average molecular weight is 365 g/mol. The van der Waals surface area contributed by atoms with Crippen molar-refractivity contribution < 1.29 is 13.2 Å². The number of hydrogen-bond donors (Lipinski definition) is 2. The molecule has 7 heteroatoms. The van der Waals surface area contributed by atoms with Crippen LogP contribution in [0.25, 0.3) is 0 Å². The summed E-state index contributed by atoms with van der Waals surface area (Å²) in [6.45, 7) is 5.65. The molecule has 1 heterocycles. The van der Waals surface area contributed by atoms with Crippen LogP contribution in [-0.4, -0.2) is 51.4 Å². The Kier molecular flexibility index (Phi) is 5.18. The molecule has 6 nitrogen and oxygen atoms in total. The molecule has 2 aliphatic rings. The highest BCUT2D eigenvalue weighted by atomic mass is 32.2. The number of nitrogens with zero attached hydrogens (tertiary/aromatic N) is 1. The van der Waals surface area contributed by atoms with Gasteiger partial charge >= 0.3 is 0 Å². The summed E-state index contributed by atoms with van der Waals surface area (Å²) >= 11 is 0. The van der Waals surface area contributed by atoms with Crippen LogP contribution in [0.1, 0.15) is 47.2 Å². The third kappa shape index (κ3) is 4.04. The van der Waals surface area contributed by atoms with E-state index in [9.17, 15) is 13.2 Å². The highest BCUT2D eigenvalue weighted by Crippen LogP contribution is 2.29. The lowest BCUT2D eigenvalue weighted by Crippen LogP contribution is -2.45. The van der Waals surface area contributed by atoms with Crippen LogP contribution in [0.4, 0.5) is 0 Å². The first-order valence-electron chi connectivity index (χ1n) is 8.91. The summed E-state index contributed by atoms with van der Waals surface area (Å²) in [6, 6.07) is 4.17. The molecule has 1 amide bonds. The van der Waals surface area contributed by atoms with Gasteiger partial charge in [0.05, 0.1) is 4.90 Å². The number of rotatable bonds is 5. The zero-order valence-electron chi connectivity index (χ0n) is 15.1. The molecule has 138 valence electrons. The van der Waals surface area contributed by atoms with Crippen LogP contribution in [0.3, 0.4) is 0 Å². The molecule has 3 rings (SSSR count). The molecule has 0 spiro atoms. The molecule has 0 unspecified atom stereocenters. The van der Waals surface area contributed by atoms with Crippen LogP contribution >= 0.6 is 0 Å². The number of carbonyl (C=O) groups is 1. The van der Waals surface area contributed by atoms with Crippen LogP contribution < -0.4 is 10.0 Å². The van der Waals surface area contributed by atoms with E-state index in [0.29, 0.717) is 11.1 Å². The van der Waals surface area contributed by atoms with Crippen molar-refractivity contribution >= 4 is 15.9 Å². The molecule has 25 heavy (non-hydrogen) atoms. The van der Waals surface area contributed by atoms with E-state index < -0.39 is 10.0 Å². The molecule has 0 bridgehead atoms. The zero-order valence-corrected chi connectivity index (χ0v) is 15.9. The third-order valence-electron chi connectivity index (χ3n) is 5.37. The standard InChI is InChI=1S/C18H27N3O3S/c1-12-10-14(11-17(13(12)2)25(23,24)19-3)18(22)20-15-6-8-21(9-7-15)16-4-5-16/h10-11,15-16,19H,4-9H2,1-3H3,(H,20,22). The quantitative estimate of drug-likeness (QED) is 0.830. The molecular formula is C18H27N3O3S. The van der Waals surface area contributed by atoms with Crippen molar-refractivity contribution in [2.24, 2.45) is 0 Å². The molecule has 1 aliphatic carbocycles. The highest BCUT2D eigenvalue weighted by Gasteiger charge is 2.32. The number of amides is 1. The van der Waals surface area contributed by atoms with Gasteiger partial charge in [-0.1, -0.05) is 0 Å². The predicted octanol–water partition coefficient (Wildman–Crippen LogP) is 1.57. The zero-order chi connectivity index (χ0) is 18.2. The van der Waals surface area contributed by atoms with E-state index in [1.54, 1.807) is 13.0 Å². The summed E-state index contributed by atoms with van der Waals surface area (Å²) in [7, 11) is -2.21. The molecule has 1 aromatic carbocycles. The topological polar surface area (TPSA) is 78.5 Å². The van der Waals surface area contributed by atoms with Crippen LogP contribution in [0.2, 0.25) is 0 Å². The maximum absolute atomic E-state index is 12.6. The summed E-state index contributed by atoms with van der Waals surface area (Å²) in [5.41, 5.74) is 1.87. The normalized spacial score (nSPS) is 19.8. The fourth-order valence-electron chi connectivity index (χ4n) is 3.46. The molecule has 0 aromatic heterocycles. The molecule has 0 radical (unpaired) electrons. The third-order valence-corrected chi connectivity index (χ3v) is 6.91. The van der Waals surface area contributed by atoms with Gasteiger partial charge in [0.25, 0.3) is 5.91 Å². The molecule has 2 N–H and O–H groups in total. The Balaban J connectivity index is 1.72. The molecule has 1 aliphatic heterocycles. The fraction of sp³-hybridized carbons (Fsp3) is 0.611. The number of sulfonamides is 1. The van der Waals surface area contributed by atoms with Crippen LogP contribution in [0.5, 0.6) is 0 Å². The van der Waals surface area contributed by atoms with Crippen molar-refractivity contribution in [3.05, 3.63) is 28.8 Å². The smallest absolute Gasteiger partial charge is 0.251 e. The Morgan fingerprint density at radius 3 is 2.32 bits per heavy atom. The van der Waals surface area contributed by atoms with Gasteiger partial charge in [-0.05, 0) is 69.8 Å². The number of aryl methyl sites for hydroxylation is 1. The maximum atomic E-state index is 12.6. The Morgan fingerprint density at radius 1 is 1.12 bits per heavy atom. The van der Waals surface area contributed by atoms with Gasteiger partial charge in [-0.3, -0.25) is 4.79 Å². The van der Waals surface area contributed by atoms with Crippen LogP contribution in [0, 0.1) is 13.8 Å². The average Bonchev–Trinajstić information content (AvgIpc) is 3.42. The van der Waals surface area contributed by atoms with Crippen LogP contribution in [0.15, 0.2) is 17.0 Å². The minimum atomic E-state index is -3.59. The second-order valence-electron chi connectivity index (χ2n) is 7.14. The van der Waals surface area contributed by atoms with Crippen molar-refractivity contribution in [2.45, 2.75) is 56.5 Å². The second-order valence-corrected chi connectivity index (χ2v) is 8.99. The lowest BCUT2D eigenvalue weighted by molar-refractivity contribution is 0.0909. The van der Waals surface area contributed by atoms with E-state index in [2.05, 4.69) is 14.9 Å². The van der Waals surface area contributed by atoms with Crippen molar-refractivity contribution in [1.82, 2.24) is 14.9 Å². The van der Waals surface area contributed by atoms with E-state index in [1.807, 2.05) is 6.92 Å². The summed E-state index contributed by atoms with van der Waals surface area (Å²) in [5.74, 6) is -0.194. The molecule has 1 saturated carbocycles. The number of benzene rings is 1. The molecule has 1 saturated heterocycles. The van der Waals surface area contributed by atoms with Crippen molar-refractivity contribution in [2.75, 3.05) is 20.1 Å². The summed E-state index contributed by atoms with van der Waals surface area (Å²) in [6.07, 6.45) is 4.52. The van der Waals surface area contributed by atoms with E-state index in [-0.39, 0.29) is 16.8 Å². The molecule has 1 aromatic rings. The lowest BCUT2D eigenvalue weighted by atomic mass is 10.0. The first kappa shape index (κ1) is 18.4. The highest BCUT2D eigenvalue weighted by molar-refractivity contribution is 7.89. The van der Waals surface area contributed by atoms with Gasteiger partial charge in [0.15, 0.2) is 0 Å². The van der Waals surface area contributed by atoms with Gasteiger partial charge in [0, 0.05) is 30.7 Å². The first-order chi connectivity index (χ1) is 11.8. The molecule has 2 fully saturated rings. The van der Waals surface area contributed by atoms with Gasteiger partial charge in [-0.15, -0.1) is 0 Å².